The molecule has 0 saturated heterocycles. The SMILES string of the molecule is CN(C)CCOCCNC1CCc2c(O)cccc21. The molecular formula is C15H24N2O2. The van der Waals surface area contributed by atoms with E-state index in [1.165, 1.54) is 5.56 Å². The summed E-state index contributed by atoms with van der Waals surface area (Å²) in [4.78, 5) is 2.11. The monoisotopic (exact) mass is 264 g/mol. The summed E-state index contributed by atoms with van der Waals surface area (Å²) in [5.74, 6) is 0.434. The molecule has 1 atom stereocenters. The largest absolute Gasteiger partial charge is 0.508 e. The van der Waals surface area contributed by atoms with Crippen LogP contribution in [-0.2, 0) is 11.2 Å². The molecule has 0 aromatic heterocycles. The fourth-order valence-corrected chi connectivity index (χ4v) is 2.50. The normalized spacial score (nSPS) is 17.9. The molecule has 1 aromatic rings. The quantitative estimate of drug-likeness (QED) is 0.733. The highest BCUT2D eigenvalue weighted by atomic mass is 16.5. The van der Waals surface area contributed by atoms with Gasteiger partial charge in [0.2, 0.25) is 0 Å². The first-order valence-corrected chi connectivity index (χ1v) is 6.95. The lowest BCUT2D eigenvalue weighted by molar-refractivity contribution is 0.117. The Labute approximate surface area is 115 Å². The predicted octanol–water partition coefficient (Wildman–Crippen LogP) is 1.55. The maximum atomic E-state index is 9.79. The number of hydrogen-bond donors (Lipinski definition) is 2. The smallest absolute Gasteiger partial charge is 0.119 e. The molecular weight excluding hydrogens is 240 g/mol. The van der Waals surface area contributed by atoms with Crippen LogP contribution in [0.15, 0.2) is 18.2 Å². The zero-order valence-corrected chi connectivity index (χ0v) is 11.9. The first kappa shape index (κ1) is 14.3. The maximum absolute atomic E-state index is 9.79. The molecule has 0 aliphatic heterocycles. The zero-order valence-electron chi connectivity index (χ0n) is 11.9. The van der Waals surface area contributed by atoms with Crippen molar-refractivity contribution in [3.05, 3.63) is 29.3 Å². The van der Waals surface area contributed by atoms with Crippen molar-refractivity contribution < 1.29 is 9.84 Å². The summed E-state index contributed by atoms with van der Waals surface area (Å²) in [7, 11) is 4.09. The summed E-state index contributed by atoms with van der Waals surface area (Å²) >= 11 is 0. The average molecular weight is 264 g/mol. The molecule has 2 rings (SSSR count). The van der Waals surface area contributed by atoms with Gasteiger partial charge in [-0.05, 0) is 44.1 Å². The minimum atomic E-state index is 0.361. The standard InChI is InChI=1S/C15H24N2O2/c1-17(2)9-11-19-10-8-16-14-7-6-13-12(14)4-3-5-15(13)18/h3-5,14,16,18H,6-11H2,1-2H3. The summed E-state index contributed by atoms with van der Waals surface area (Å²) in [6.45, 7) is 3.32. The van der Waals surface area contributed by atoms with Crippen molar-refractivity contribution in [2.24, 2.45) is 0 Å². The number of phenolic OH excluding ortho intramolecular Hbond substituents is 1. The van der Waals surface area contributed by atoms with Crippen LogP contribution in [0.4, 0.5) is 0 Å². The van der Waals surface area contributed by atoms with Gasteiger partial charge in [-0.2, -0.15) is 0 Å². The van der Waals surface area contributed by atoms with Crippen molar-refractivity contribution in [3.63, 3.8) is 0 Å². The Bertz CT molecular complexity index is 407. The zero-order chi connectivity index (χ0) is 13.7. The first-order chi connectivity index (χ1) is 9.18. The number of likely N-dealkylation sites (N-methyl/N-ethyl adjacent to an activating group) is 1. The Morgan fingerprint density at radius 1 is 1.37 bits per heavy atom. The second-order valence-electron chi connectivity index (χ2n) is 5.31. The molecule has 4 heteroatoms. The van der Waals surface area contributed by atoms with Gasteiger partial charge >= 0.3 is 0 Å². The van der Waals surface area contributed by atoms with E-state index in [0.717, 1.165) is 44.7 Å². The lowest BCUT2D eigenvalue weighted by Crippen LogP contribution is -2.25. The first-order valence-electron chi connectivity index (χ1n) is 6.95. The molecule has 0 heterocycles. The second kappa shape index (κ2) is 6.89. The molecule has 0 fully saturated rings. The number of nitrogens with one attached hydrogen (secondary N) is 1. The molecule has 0 radical (unpaired) electrons. The molecule has 1 aliphatic rings. The molecule has 0 amide bonds. The van der Waals surface area contributed by atoms with Gasteiger partial charge in [0.15, 0.2) is 0 Å². The Hall–Kier alpha value is -1.10. The van der Waals surface area contributed by atoms with Crippen LogP contribution in [0, 0.1) is 0 Å². The van der Waals surface area contributed by atoms with Gasteiger partial charge < -0.3 is 20.1 Å². The molecule has 4 nitrogen and oxygen atoms in total. The molecule has 0 spiro atoms. The number of hydrogen-bond acceptors (Lipinski definition) is 4. The number of benzene rings is 1. The van der Waals surface area contributed by atoms with Crippen LogP contribution >= 0.6 is 0 Å². The van der Waals surface area contributed by atoms with Crippen LogP contribution in [0.1, 0.15) is 23.6 Å². The highest BCUT2D eigenvalue weighted by molar-refractivity contribution is 5.44. The van der Waals surface area contributed by atoms with Gasteiger partial charge in [-0.25, -0.2) is 0 Å². The van der Waals surface area contributed by atoms with E-state index in [2.05, 4.69) is 16.3 Å². The molecule has 2 N–H and O–H groups in total. The third-order valence-electron chi connectivity index (χ3n) is 3.57. The van der Waals surface area contributed by atoms with Crippen molar-refractivity contribution in [3.8, 4) is 5.75 Å². The van der Waals surface area contributed by atoms with E-state index >= 15 is 0 Å². The Balaban J connectivity index is 1.70. The van der Waals surface area contributed by atoms with Crippen molar-refractivity contribution in [2.75, 3.05) is 40.4 Å². The fourth-order valence-electron chi connectivity index (χ4n) is 2.50. The number of fused-ring (bicyclic) bond motifs is 1. The third-order valence-corrected chi connectivity index (χ3v) is 3.57. The minimum Gasteiger partial charge on any atom is -0.508 e. The van der Waals surface area contributed by atoms with Gasteiger partial charge in [-0.3, -0.25) is 0 Å². The van der Waals surface area contributed by atoms with E-state index in [9.17, 15) is 5.11 Å². The van der Waals surface area contributed by atoms with Gasteiger partial charge in [0.25, 0.3) is 0 Å². The number of ether oxygens (including phenoxy) is 1. The van der Waals surface area contributed by atoms with Crippen molar-refractivity contribution in [2.45, 2.75) is 18.9 Å². The van der Waals surface area contributed by atoms with E-state index in [-0.39, 0.29) is 0 Å². The highest BCUT2D eigenvalue weighted by Gasteiger charge is 2.23. The summed E-state index contributed by atoms with van der Waals surface area (Å²) < 4.78 is 5.56. The highest BCUT2D eigenvalue weighted by Crippen LogP contribution is 2.35. The summed E-state index contributed by atoms with van der Waals surface area (Å²) in [6.07, 6.45) is 2.02. The number of aromatic hydroxyl groups is 1. The Morgan fingerprint density at radius 3 is 3.00 bits per heavy atom. The molecule has 19 heavy (non-hydrogen) atoms. The minimum absolute atomic E-state index is 0.361. The van der Waals surface area contributed by atoms with Crippen molar-refractivity contribution >= 4 is 0 Å². The number of phenols is 1. The van der Waals surface area contributed by atoms with E-state index in [0.29, 0.717) is 11.8 Å². The molecule has 106 valence electrons. The van der Waals surface area contributed by atoms with Gasteiger partial charge in [-0.1, -0.05) is 12.1 Å². The molecule has 0 bridgehead atoms. The summed E-state index contributed by atoms with van der Waals surface area (Å²) in [5, 5.41) is 13.3. The van der Waals surface area contributed by atoms with Crippen molar-refractivity contribution in [1.29, 1.82) is 0 Å². The van der Waals surface area contributed by atoms with Crippen molar-refractivity contribution in [1.82, 2.24) is 10.2 Å². The molecule has 1 aliphatic carbocycles. The Kier molecular flexibility index (Phi) is 5.19. The summed E-state index contributed by atoms with van der Waals surface area (Å²) in [6, 6.07) is 6.15. The molecule has 1 aromatic carbocycles. The van der Waals surface area contributed by atoms with Gasteiger partial charge in [0, 0.05) is 19.1 Å². The second-order valence-corrected chi connectivity index (χ2v) is 5.31. The lowest BCUT2D eigenvalue weighted by atomic mass is 10.1. The van der Waals surface area contributed by atoms with Gasteiger partial charge in [0.1, 0.15) is 5.75 Å². The summed E-state index contributed by atoms with van der Waals surface area (Å²) in [5.41, 5.74) is 2.35. The predicted molar refractivity (Wildman–Crippen MR) is 76.5 cm³/mol. The molecule has 0 saturated carbocycles. The van der Waals surface area contributed by atoms with Crippen LogP contribution in [0.5, 0.6) is 5.75 Å². The third kappa shape index (κ3) is 3.93. The Morgan fingerprint density at radius 2 is 2.21 bits per heavy atom. The van der Waals surface area contributed by atoms with Crippen LogP contribution in [0.25, 0.3) is 0 Å². The topological polar surface area (TPSA) is 44.7 Å². The van der Waals surface area contributed by atoms with Crippen LogP contribution in [0.3, 0.4) is 0 Å². The van der Waals surface area contributed by atoms with Crippen LogP contribution < -0.4 is 5.32 Å². The lowest BCUT2D eigenvalue weighted by Gasteiger charge is -2.15. The maximum Gasteiger partial charge on any atom is 0.119 e. The van der Waals surface area contributed by atoms with E-state index < -0.39 is 0 Å². The van der Waals surface area contributed by atoms with Gasteiger partial charge in [0.05, 0.1) is 13.2 Å². The average Bonchev–Trinajstić information content (AvgIpc) is 2.78. The number of nitrogens with zero attached hydrogens (tertiary/aromatic N) is 1. The van der Waals surface area contributed by atoms with Gasteiger partial charge in [-0.15, -0.1) is 0 Å². The van der Waals surface area contributed by atoms with Crippen LogP contribution in [-0.4, -0.2) is 50.4 Å². The van der Waals surface area contributed by atoms with Crippen LogP contribution in [0.2, 0.25) is 0 Å². The number of rotatable bonds is 7. The fraction of sp³-hybridized carbons (Fsp3) is 0.600. The van der Waals surface area contributed by atoms with E-state index in [4.69, 9.17) is 4.74 Å². The van der Waals surface area contributed by atoms with E-state index in [1.54, 1.807) is 6.07 Å². The van der Waals surface area contributed by atoms with E-state index in [1.807, 2.05) is 20.2 Å². The molecule has 1 unspecified atom stereocenters.